The number of aliphatic hydroxyl groups excluding tert-OH is 1. The summed E-state index contributed by atoms with van der Waals surface area (Å²) in [5.74, 6) is -0.229. The molecule has 0 spiro atoms. The number of nitrogens with zero attached hydrogens (tertiary/aromatic N) is 2. The Morgan fingerprint density at radius 2 is 2.00 bits per heavy atom. The third kappa shape index (κ3) is 5.53. The SMILES string of the molecule is N=C(N)c1ccc(CNC(=O)C2CCCN2C(=O)C(O)CC2CCCCC2)cn1. The predicted octanol–water partition coefficient (Wildman–Crippen LogP) is 1.30. The van der Waals surface area contributed by atoms with Gasteiger partial charge in [0, 0.05) is 19.3 Å². The second-order valence-electron chi connectivity index (χ2n) is 8.13. The number of carbonyl (C=O) groups excluding carboxylic acids is 2. The van der Waals surface area contributed by atoms with Gasteiger partial charge in [0.1, 0.15) is 23.7 Å². The fourth-order valence-electron chi connectivity index (χ4n) is 4.33. The Morgan fingerprint density at radius 3 is 2.66 bits per heavy atom. The summed E-state index contributed by atoms with van der Waals surface area (Å²) in [5, 5.41) is 20.7. The first-order valence-corrected chi connectivity index (χ1v) is 10.5. The van der Waals surface area contributed by atoms with Gasteiger partial charge in [-0.1, -0.05) is 38.2 Å². The number of nitrogen functional groups attached to an aromatic ring is 1. The highest BCUT2D eigenvalue weighted by Gasteiger charge is 2.37. The van der Waals surface area contributed by atoms with E-state index in [2.05, 4.69) is 10.3 Å². The van der Waals surface area contributed by atoms with E-state index in [0.29, 0.717) is 31.0 Å². The van der Waals surface area contributed by atoms with Gasteiger partial charge in [-0.2, -0.15) is 0 Å². The minimum atomic E-state index is -1.02. The van der Waals surface area contributed by atoms with Gasteiger partial charge in [0.05, 0.1) is 0 Å². The van der Waals surface area contributed by atoms with Crippen molar-refractivity contribution in [2.75, 3.05) is 6.54 Å². The van der Waals surface area contributed by atoms with Crippen LogP contribution >= 0.6 is 0 Å². The summed E-state index contributed by atoms with van der Waals surface area (Å²) in [7, 11) is 0. The molecular formula is C21H31N5O3. The summed E-state index contributed by atoms with van der Waals surface area (Å²) in [4.78, 5) is 31.0. The lowest BCUT2D eigenvalue weighted by Crippen LogP contribution is -2.49. The van der Waals surface area contributed by atoms with Gasteiger partial charge in [0.2, 0.25) is 5.91 Å². The van der Waals surface area contributed by atoms with Gasteiger partial charge < -0.3 is 21.1 Å². The van der Waals surface area contributed by atoms with Crippen molar-refractivity contribution in [2.45, 2.75) is 70.1 Å². The molecule has 158 valence electrons. The molecular weight excluding hydrogens is 370 g/mol. The van der Waals surface area contributed by atoms with Gasteiger partial charge in [-0.3, -0.25) is 20.0 Å². The summed E-state index contributed by atoms with van der Waals surface area (Å²) in [5.41, 5.74) is 6.57. The van der Waals surface area contributed by atoms with Gasteiger partial charge in [0.15, 0.2) is 0 Å². The van der Waals surface area contributed by atoms with E-state index < -0.39 is 12.1 Å². The van der Waals surface area contributed by atoms with E-state index in [1.807, 2.05) is 0 Å². The van der Waals surface area contributed by atoms with E-state index in [4.69, 9.17) is 11.1 Å². The third-order valence-electron chi connectivity index (χ3n) is 5.97. The van der Waals surface area contributed by atoms with Gasteiger partial charge >= 0.3 is 0 Å². The molecule has 3 rings (SSSR count). The van der Waals surface area contributed by atoms with Crippen molar-refractivity contribution >= 4 is 17.6 Å². The zero-order valence-corrected chi connectivity index (χ0v) is 16.8. The van der Waals surface area contributed by atoms with Gasteiger partial charge in [-0.15, -0.1) is 0 Å². The van der Waals surface area contributed by atoms with Crippen molar-refractivity contribution in [1.82, 2.24) is 15.2 Å². The Bertz CT molecular complexity index is 730. The minimum Gasteiger partial charge on any atom is -0.383 e. The van der Waals surface area contributed by atoms with Crippen LogP contribution in [0.5, 0.6) is 0 Å². The maximum atomic E-state index is 12.8. The lowest BCUT2D eigenvalue weighted by Gasteiger charge is -2.29. The normalized spacial score (nSPS) is 21.0. The number of hydrogen-bond donors (Lipinski definition) is 4. The molecule has 0 radical (unpaired) electrons. The van der Waals surface area contributed by atoms with Crippen LogP contribution in [0.15, 0.2) is 18.3 Å². The molecule has 2 amide bonds. The number of aliphatic hydroxyl groups is 1. The van der Waals surface area contributed by atoms with Crippen molar-refractivity contribution in [3.8, 4) is 0 Å². The van der Waals surface area contributed by atoms with Gasteiger partial charge in [0.25, 0.3) is 5.91 Å². The largest absolute Gasteiger partial charge is 0.383 e. The highest BCUT2D eigenvalue weighted by molar-refractivity contribution is 5.93. The quantitative estimate of drug-likeness (QED) is 0.404. The van der Waals surface area contributed by atoms with E-state index in [1.165, 1.54) is 19.3 Å². The van der Waals surface area contributed by atoms with Crippen LogP contribution in [0.3, 0.4) is 0 Å². The number of hydrogen-bond acceptors (Lipinski definition) is 5. The number of amidine groups is 1. The number of nitrogens with two attached hydrogens (primary N) is 1. The van der Waals surface area contributed by atoms with Crippen LogP contribution in [0.2, 0.25) is 0 Å². The maximum absolute atomic E-state index is 12.8. The van der Waals surface area contributed by atoms with Crippen molar-refractivity contribution in [1.29, 1.82) is 5.41 Å². The van der Waals surface area contributed by atoms with Gasteiger partial charge in [-0.25, -0.2) is 0 Å². The first-order valence-electron chi connectivity index (χ1n) is 10.5. The molecule has 8 heteroatoms. The van der Waals surface area contributed by atoms with E-state index in [9.17, 15) is 14.7 Å². The highest BCUT2D eigenvalue weighted by atomic mass is 16.3. The van der Waals surface area contributed by atoms with Crippen molar-refractivity contribution in [2.24, 2.45) is 11.7 Å². The van der Waals surface area contributed by atoms with E-state index in [0.717, 1.165) is 24.8 Å². The molecule has 1 aromatic rings. The zero-order valence-electron chi connectivity index (χ0n) is 16.8. The predicted molar refractivity (Wildman–Crippen MR) is 109 cm³/mol. The van der Waals surface area contributed by atoms with E-state index >= 15 is 0 Å². The fraction of sp³-hybridized carbons (Fsp3) is 0.619. The molecule has 5 N–H and O–H groups in total. The molecule has 1 aromatic heterocycles. The first-order chi connectivity index (χ1) is 14.0. The van der Waals surface area contributed by atoms with Crippen LogP contribution in [-0.4, -0.2) is 51.3 Å². The monoisotopic (exact) mass is 401 g/mol. The Labute approximate surface area is 171 Å². The highest BCUT2D eigenvalue weighted by Crippen LogP contribution is 2.28. The third-order valence-corrected chi connectivity index (χ3v) is 5.97. The van der Waals surface area contributed by atoms with Crippen LogP contribution in [0, 0.1) is 11.3 Å². The molecule has 1 saturated carbocycles. The molecule has 8 nitrogen and oxygen atoms in total. The Kier molecular flexibility index (Phi) is 7.19. The number of likely N-dealkylation sites (tertiary alicyclic amines) is 1. The van der Waals surface area contributed by atoms with Crippen molar-refractivity contribution in [3.05, 3.63) is 29.6 Å². The van der Waals surface area contributed by atoms with Crippen LogP contribution in [0.25, 0.3) is 0 Å². The molecule has 1 aliphatic carbocycles. The standard InChI is InChI=1S/C21H31N5O3/c22-19(23)16-9-8-15(12-24-16)13-25-20(28)17-7-4-10-26(17)21(29)18(27)11-14-5-2-1-3-6-14/h8-9,12,14,17-18,27H,1-7,10-11,13H2,(H3,22,23)(H,25,28). The molecule has 1 aliphatic heterocycles. The molecule has 1 saturated heterocycles. The Balaban J connectivity index is 1.52. The second-order valence-corrected chi connectivity index (χ2v) is 8.13. The molecule has 2 atom stereocenters. The topological polar surface area (TPSA) is 132 Å². The zero-order chi connectivity index (χ0) is 20.8. The summed E-state index contributed by atoms with van der Waals surface area (Å²) in [6, 6.07) is 2.86. The lowest BCUT2D eigenvalue weighted by atomic mass is 9.85. The van der Waals surface area contributed by atoms with Crippen molar-refractivity contribution in [3.63, 3.8) is 0 Å². The van der Waals surface area contributed by atoms with Crippen molar-refractivity contribution < 1.29 is 14.7 Å². The molecule has 0 bridgehead atoms. The summed E-state index contributed by atoms with van der Waals surface area (Å²) < 4.78 is 0. The summed E-state index contributed by atoms with van der Waals surface area (Å²) in [6.45, 7) is 0.792. The molecule has 0 aromatic carbocycles. The summed E-state index contributed by atoms with van der Waals surface area (Å²) >= 11 is 0. The number of nitrogens with one attached hydrogen (secondary N) is 2. The molecule has 2 unspecified atom stereocenters. The fourth-order valence-corrected chi connectivity index (χ4v) is 4.33. The van der Waals surface area contributed by atoms with Crippen LogP contribution < -0.4 is 11.1 Å². The molecule has 2 aliphatic rings. The van der Waals surface area contributed by atoms with Crippen LogP contribution in [-0.2, 0) is 16.1 Å². The van der Waals surface area contributed by atoms with Crippen LogP contribution in [0.1, 0.15) is 62.6 Å². The number of pyridine rings is 1. The number of carbonyl (C=O) groups is 2. The number of rotatable bonds is 7. The molecule has 29 heavy (non-hydrogen) atoms. The maximum Gasteiger partial charge on any atom is 0.252 e. The van der Waals surface area contributed by atoms with Crippen LogP contribution in [0.4, 0.5) is 0 Å². The Hall–Kier alpha value is -2.48. The first kappa shape index (κ1) is 21.2. The summed E-state index contributed by atoms with van der Waals surface area (Å²) in [6.07, 6.45) is 8.14. The van der Waals surface area contributed by atoms with E-state index in [1.54, 1.807) is 23.2 Å². The minimum absolute atomic E-state index is 0.104. The number of amides is 2. The van der Waals surface area contributed by atoms with Gasteiger partial charge in [-0.05, 0) is 36.8 Å². The number of aromatic nitrogens is 1. The molecule has 2 fully saturated rings. The lowest BCUT2D eigenvalue weighted by molar-refractivity contribution is -0.146. The smallest absolute Gasteiger partial charge is 0.252 e. The average molecular weight is 402 g/mol. The molecule has 2 heterocycles. The second kappa shape index (κ2) is 9.82. The average Bonchev–Trinajstić information content (AvgIpc) is 3.22. The Morgan fingerprint density at radius 1 is 1.24 bits per heavy atom. The van der Waals surface area contributed by atoms with E-state index in [-0.39, 0.29) is 24.2 Å².